The fourth-order valence-corrected chi connectivity index (χ4v) is 1.98. The van der Waals surface area contributed by atoms with Crippen molar-refractivity contribution in [2.45, 2.75) is 27.2 Å². The van der Waals surface area contributed by atoms with Crippen LogP contribution in [0.2, 0.25) is 0 Å². The number of nitrogens with two attached hydrogens (primary N) is 1. The molecule has 0 saturated carbocycles. The minimum atomic E-state index is 0.175. The Hall–Kier alpha value is -1.42. The highest BCUT2D eigenvalue weighted by molar-refractivity contribution is 5.60. The molecule has 0 aliphatic heterocycles. The molecule has 4 nitrogen and oxygen atoms in total. The molecular weight excluding hydrogens is 240 g/mol. The van der Waals surface area contributed by atoms with Crippen LogP contribution in [0.1, 0.15) is 25.8 Å². The maximum atomic E-state index is 5.63. The summed E-state index contributed by atoms with van der Waals surface area (Å²) in [6, 6.07) is 3.96. The lowest BCUT2D eigenvalue weighted by molar-refractivity contribution is 0.354. The molecule has 0 fully saturated rings. The minimum absolute atomic E-state index is 0.175. The Morgan fingerprint density at radius 1 is 1.16 bits per heavy atom. The Morgan fingerprint density at radius 3 is 2.26 bits per heavy atom. The van der Waals surface area contributed by atoms with E-state index in [1.165, 1.54) is 0 Å². The first kappa shape index (κ1) is 15.6. The van der Waals surface area contributed by atoms with E-state index in [2.05, 4.69) is 26.1 Å². The molecule has 0 unspecified atom stereocenters. The van der Waals surface area contributed by atoms with E-state index < -0.39 is 0 Å². The van der Waals surface area contributed by atoms with Gasteiger partial charge in [-0.25, -0.2) is 0 Å². The number of hydrogen-bond acceptors (Lipinski definition) is 4. The van der Waals surface area contributed by atoms with Crippen molar-refractivity contribution < 1.29 is 9.47 Å². The molecule has 108 valence electrons. The van der Waals surface area contributed by atoms with E-state index in [9.17, 15) is 0 Å². The quantitative estimate of drug-likeness (QED) is 0.797. The van der Waals surface area contributed by atoms with Gasteiger partial charge in [-0.2, -0.15) is 0 Å². The first-order valence-corrected chi connectivity index (χ1v) is 6.60. The van der Waals surface area contributed by atoms with Gasteiger partial charge in [-0.05, 0) is 36.9 Å². The van der Waals surface area contributed by atoms with E-state index >= 15 is 0 Å². The van der Waals surface area contributed by atoms with Crippen molar-refractivity contribution in [2.24, 2.45) is 11.1 Å². The lowest BCUT2D eigenvalue weighted by Crippen LogP contribution is -2.26. The van der Waals surface area contributed by atoms with Crippen LogP contribution in [0.15, 0.2) is 12.1 Å². The van der Waals surface area contributed by atoms with Gasteiger partial charge in [-0.3, -0.25) is 0 Å². The molecule has 1 aromatic rings. The van der Waals surface area contributed by atoms with Crippen LogP contribution in [0.25, 0.3) is 0 Å². The van der Waals surface area contributed by atoms with Gasteiger partial charge in [0.15, 0.2) is 11.5 Å². The Kier molecular flexibility index (Phi) is 5.48. The molecular formula is C15H26N2O2. The van der Waals surface area contributed by atoms with Crippen molar-refractivity contribution in [3.63, 3.8) is 0 Å². The van der Waals surface area contributed by atoms with Crippen molar-refractivity contribution in [3.05, 3.63) is 17.7 Å². The molecule has 3 N–H and O–H groups in total. The highest BCUT2D eigenvalue weighted by atomic mass is 16.5. The molecule has 1 rings (SSSR count). The fraction of sp³-hybridized carbons (Fsp3) is 0.600. The smallest absolute Gasteiger partial charge is 0.162 e. The topological polar surface area (TPSA) is 56.5 Å². The number of benzene rings is 1. The largest absolute Gasteiger partial charge is 0.493 e. The lowest BCUT2D eigenvalue weighted by atomic mass is 9.89. The number of aryl methyl sites for hydroxylation is 1. The second-order valence-electron chi connectivity index (χ2n) is 5.58. The summed E-state index contributed by atoms with van der Waals surface area (Å²) >= 11 is 0. The summed E-state index contributed by atoms with van der Waals surface area (Å²) < 4.78 is 10.6. The summed E-state index contributed by atoms with van der Waals surface area (Å²) in [5, 5.41) is 3.47. The molecule has 0 atom stereocenters. The summed E-state index contributed by atoms with van der Waals surface area (Å²) in [4.78, 5) is 0. The number of ether oxygens (including phenoxy) is 2. The highest BCUT2D eigenvalue weighted by Crippen LogP contribution is 2.33. The molecule has 0 bridgehead atoms. The monoisotopic (exact) mass is 266 g/mol. The van der Waals surface area contributed by atoms with Crippen LogP contribution in [-0.2, 0) is 0 Å². The van der Waals surface area contributed by atoms with Crippen molar-refractivity contribution >= 4 is 5.69 Å². The van der Waals surface area contributed by atoms with Gasteiger partial charge in [-0.15, -0.1) is 0 Å². The Morgan fingerprint density at radius 2 is 1.74 bits per heavy atom. The normalized spacial score (nSPS) is 11.3. The lowest BCUT2D eigenvalue weighted by Gasteiger charge is -2.25. The van der Waals surface area contributed by atoms with Crippen molar-refractivity contribution in [1.29, 1.82) is 0 Å². The van der Waals surface area contributed by atoms with E-state index in [0.29, 0.717) is 6.54 Å². The Labute approximate surface area is 116 Å². The average molecular weight is 266 g/mol. The van der Waals surface area contributed by atoms with E-state index in [-0.39, 0.29) is 5.41 Å². The number of rotatable bonds is 7. The third kappa shape index (κ3) is 4.31. The molecule has 19 heavy (non-hydrogen) atoms. The van der Waals surface area contributed by atoms with Crippen LogP contribution in [0.3, 0.4) is 0 Å². The van der Waals surface area contributed by atoms with Gasteiger partial charge in [0.1, 0.15) is 0 Å². The molecule has 1 aromatic carbocycles. The minimum Gasteiger partial charge on any atom is -0.493 e. The van der Waals surface area contributed by atoms with Gasteiger partial charge in [0, 0.05) is 18.3 Å². The zero-order valence-electron chi connectivity index (χ0n) is 12.7. The Balaban J connectivity index is 2.84. The van der Waals surface area contributed by atoms with Gasteiger partial charge in [-0.1, -0.05) is 13.8 Å². The molecule has 4 heteroatoms. The zero-order valence-corrected chi connectivity index (χ0v) is 12.7. The molecule has 0 saturated heterocycles. The zero-order chi connectivity index (χ0) is 14.5. The maximum Gasteiger partial charge on any atom is 0.162 e. The predicted octanol–water partition coefficient (Wildman–Crippen LogP) is 2.80. The summed E-state index contributed by atoms with van der Waals surface area (Å²) in [7, 11) is 3.30. The fourth-order valence-electron chi connectivity index (χ4n) is 1.98. The molecule has 0 aliphatic rings. The van der Waals surface area contributed by atoms with Gasteiger partial charge in [0.2, 0.25) is 0 Å². The van der Waals surface area contributed by atoms with Crippen LogP contribution < -0.4 is 20.5 Å². The molecule has 0 radical (unpaired) electrons. The third-order valence-electron chi connectivity index (χ3n) is 3.31. The summed E-state index contributed by atoms with van der Waals surface area (Å²) in [5.41, 5.74) is 8.02. The van der Waals surface area contributed by atoms with E-state index in [0.717, 1.165) is 35.7 Å². The molecule has 0 heterocycles. The maximum absolute atomic E-state index is 5.63. The van der Waals surface area contributed by atoms with E-state index in [1.807, 2.05) is 12.1 Å². The summed E-state index contributed by atoms with van der Waals surface area (Å²) in [5.74, 6) is 1.50. The second-order valence-corrected chi connectivity index (χ2v) is 5.58. The van der Waals surface area contributed by atoms with Gasteiger partial charge in [0.05, 0.1) is 14.2 Å². The molecule has 0 aliphatic carbocycles. The standard InChI is InChI=1S/C15H26N2O2/c1-11-8-13(18-4)14(19-5)9-12(11)17-10-15(2,3)6-7-16/h8-9,17H,6-7,10,16H2,1-5H3. The SMILES string of the molecule is COc1cc(C)c(NCC(C)(C)CCN)cc1OC. The summed E-state index contributed by atoms with van der Waals surface area (Å²) in [6.45, 7) is 8.06. The number of anilines is 1. The molecule has 0 amide bonds. The van der Waals surface area contributed by atoms with Crippen molar-refractivity contribution in [1.82, 2.24) is 0 Å². The van der Waals surface area contributed by atoms with Crippen LogP contribution >= 0.6 is 0 Å². The average Bonchev–Trinajstić information content (AvgIpc) is 2.36. The van der Waals surface area contributed by atoms with Gasteiger partial charge < -0.3 is 20.5 Å². The van der Waals surface area contributed by atoms with Crippen LogP contribution in [0.5, 0.6) is 11.5 Å². The van der Waals surface area contributed by atoms with Crippen molar-refractivity contribution in [3.8, 4) is 11.5 Å². The van der Waals surface area contributed by atoms with Gasteiger partial charge >= 0.3 is 0 Å². The predicted molar refractivity (Wildman–Crippen MR) is 80.2 cm³/mol. The van der Waals surface area contributed by atoms with Gasteiger partial charge in [0.25, 0.3) is 0 Å². The third-order valence-corrected chi connectivity index (χ3v) is 3.31. The van der Waals surface area contributed by atoms with Crippen molar-refractivity contribution in [2.75, 3.05) is 32.6 Å². The second kappa shape index (κ2) is 6.66. The first-order chi connectivity index (χ1) is 8.93. The van der Waals surface area contributed by atoms with Crippen LogP contribution in [0.4, 0.5) is 5.69 Å². The number of hydrogen-bond donors (Lipinski definition) is 2. The van der Waals surface area contributed by atoms with Crippen LogP contribution in [-0.4, -0.2) is 27.3 Å². The van der Waals surface area contributed by atoms with Crippen LogP contribution in [0, 0.1) is 12.3 Å². The Bertz CT molecular complexity index is 417. The molecule has 0 spiro atoms. The molecule has 0 aromatic heterocycles. The number of nitrogens with one attached hydrogen (secondary N) is 1. The highest BCUT2D eigenvalue weighted by Gasteiger charge is 2.17. The summed E-state index contributed by atoms with van der Waals surface area (Å²) in [6.07, 6.45) is 0.992. The first-order valence-electron chi connectivity index (χ1n) is 6.60. The number of methoxy groups -OCH3 is 2. The van der Waals surface area contributed by atoms with E-state index in [1.54, 1.807) is 14.2 Å². The van der Waals surface area contributed by atoms with E-state index in [4.69, 9.17) is 15.2 Å².